The van der Waals surface area contributed by atoms with Gasteiger partial charge in [-0.2, -0.15) is 0 Å². The maximum Gasteiger partial charge on any atom is 0.314 e. The molecule has 2 heterocycles. The number of primary amides is 1. The van der Waals surface area contributed by atoms with Crippen LogP contribution < -0.4 is 11.1 Å². The molecule has 0 saturated carbocycles. The van der Waals surface area contributed by atoms with Gasteiger partial charge in [0.2, 0.25) is 0 Å². The van der Waals surface area contributed by atoms with Crippen molar-refractivity contribution in [1.29, 1.82) is 0 Å². The van der Waals surface area contributed by atoms with Crippen molar-refractivity contribution in [2.75, 3.05) is 26.2 Å². The number of carbonyl (C=O) groups excluding carboxylic acids is 1. The predicted molar refractivity (Wildman–Crippen MR) is 65.8 cm³/mol. The van der Waals surface area contributed by atoms with Crippen molar-refractivity contribution in [2.24, 2.45) is 5.73 Å². The summed E-state index contributed by atoms with van der Waals surface area (Å²) in [5, 5.41) is 3.55. The maximum atomic E-state index is 11.0. The molecular weight excluding hydrogens is 218 g/mol. The number of amides is 2. The van der Waals surface area contributed by atoms with Crippen LogP contribution in [0.25, 0.3) is 0 Å². The molecule has 5 heteroatoms. The molecule has 2 rings (SSSR count). The minimum Gasteiger partial charge on any atom is -0.377 e. The monoisotopic (exact) mass is 241 g/mol. The number of rotatable bonds is 3. The van der Waals surface area contributed by atoms with E-state index in [4.69, 9.17) is 10.5 Å². The van der Waals surface area contributed by atoms with Crippen molar-refractivity contribution in [3.63, 3.8) is 0 Å². The largest absolute Gasteiger partial charge is 0.377 e. The molecule has 5 nitrogen and oxygen atoms in total. The third-order valence-electron chi connectivity index (χ3n) is 3.71. The van der Waals surface area contributed by atoms with Gasteiger partial charge in [-0.1, -0.05) is 0 Å². The maximum absolute atomic E-state index is 11.0. The molecule has 1 atom stereocenters. The lowest BCUT2D eigenvalue weighted by atomic mass is 10.0. The molecule has 0 aromatic carbocycles. The smallest absolute Gasteiger partial charge is 0.314 e. The van der Waals surface area contributed by atoms with Gasteiger partial charge < -0.3 is 20.7 Å². The van der Waals surface area contributed by atoms with E-state index in [0.717, 1.165) is 39.1 Å². The van der Waals surface area contributed by atoms with Crippen molar-refractivity contribution >= 4 is 6.03 Å². The molecule has 1 unspecified atom stereocenters. The van der Waals surface area contributed by atoms with Crippen LogP contribution in [-0.2, 0) is 4.74 Å². The number of ether oxygens (including phenoxy) is 1. The van der Waals surface area contributed by atoms with Gasteiger partial charge in [0.1, 0.15) is 0 Å². The first-order valence-electron chi connectivity index (χ1n) is 6.65. The molecule has 2 aliphatic rings. The van der Waals surface area contributed by atoms with Gasteiger partial charge in [0.05, 0.1) is 6.10 Å². The van der Waals surface area contributed by atoms with Crippen LogP contribution in [0.5, 0.6) is 0 Å². The Hall–Kier alpha value is -0.810. The SMILES string of the molecule is NC(=O)N1CCC(NCC2CCCCO2)CC1. The number of hydrogen-bond donors (Lipinski definition) is 2. The topological polar surface area (TPSA) is 67.6 Å². The normalized spacial score (nSPS) is 27.1. The number of likely N-dealkylation sites (tertiary alicyclic amines) is 1. The summed E-state index contributed by atoms with van der Waals surface area (Å²) in [4.78, 5) is 12.7. The van der Waals surface area contributed by atoms with E-state index < -0.39 is 0 Å². The van der Waals surface area contributed by atoms with Crippen LogP contribution >= 0.6 is 0 Å². The molecule has 0 radical (unpaired) electrons. The molecular formula is C12H23N3O2. The second kappa shape index (κ2) is 6.21. The lowest BCUT2D eigenvalue weighted by molar-refractivity contribution is 0.0142. The Bertz CT molecular complexity index is 246. The van der Waals surface area contributed by atoms with Gasteiger partial charge in [-0.05, 0) is 32.1 Å². The second-order valence-corrected chi connectivity index (χ2v) is 5.00. The third-order valence-corrected chi connectivity index (χ3v) is 3.71. The lowest BCUT2D eigenvalue weighted by Crippen LogP contribution is -2.48. The van der Waals surface area contributed by atoms with E-state index in [9.17, 15) is 4.79 Å². The molecule has 98 valence electrons. The summed E-state index contributed by atoms with van der Waals surface area (Å²) in [6.45, 7) is 3.41. The minimum atomic E-state index is -0.293. The fourth-order valence-corrected chi connectivity index (χ4v) is 2.57. The van der Waals surface area contributed by atoms with E-state index in [1.54, 1.807) is 4.90 Å². The van der Waals surface area contributed by atoms with Gasteiger partial charge in [-0.25, -0.2) is 4.79 Å². The van der Waals surface area contributed by atoms with Crippen LogP contribution in [0.2, 0.25) is 0 Å². The average molecular weight is 241 g/mol. The first-order valence-corrected chi connectivity index (χ1v) is 6.65. The lowest BCUT2D eigenvalue weighted by Gasteiger charge is -2.32. The number of hydrogen-bond acceptors (Lipinski definition) is 3. The van der Waals surface area contributed by atoms with Crippen molar-refractivity contribution in [3.8, 4) is 0 Å². The Labute approximate surface area is 103 Å². The van der Waals surface area contributed by atoms with Crippen molar-refractivity contribution in [1.82, 2.24) is 10.2 Å². The molecule has 2 aliphatic heterocycles. The zero-order valence-corrected chi connectivity index (χ0v) is 10.4. The van der Waals surface area contributed by atoms with Crippen LogP contribution in [0.15, 0.2) is 0 Å². The van der Waals surface area contributed by atoms with E-state index in [2.05, 4.69) is 5.32 Å². The molecule has 0 aromatic rings. The standard InChI is InChI=1S/C12H23N3O2/c13-12(16)15-6-4-10(5-7-15)14-9-11-3-1-2-8-17-11/h10-11,14H,1-9H2,(H2,13,16). The van der Waals surface area contributed by atoms with Crippen LogP contribution in [0.3, 0.4) is 0 Å². The van der Waals surface area contributed by atoms with Crippen molar-refractivity contribution in [2.45, 2.75) is 44.2 Å². The zero-order chi connectivity index (χ0) is 12.1. The number of nitrogens with one attached hydrogen (secondary N) is 1. The number of carbonyl (C=O) groups is 1. The molecule has 2 amide bonds. The number of nitrogens with two attached hydrogens (primary N) is 1. The van der Waals surface area contributed by atoms with Crippen LogP contribution in [-0.4, -0.2) is 49.3 Å². The van der Waals surface area contributed by atoms with Gasteiger partial charge >= 0.3 is 6.03 Å². The first-order chi connectivity index (χ1) is 8.25. The average Bonchev–Trinajstić information content (AvgIpc) is 2.38. The highest BCUT2D eigenvalue weighted by molar-refractivity contribution is 5.72. The Balaban J connectivity index is 1.62. The summed E-state index contributed by atoms with van der Waals surface area (Å²) in [5.41, 5.74) is 5.25. The summed E-state index contributed by atoms with van der Waals surface area (Å²) in [6, 6.07) is 0.218. The van der Waals surface area contributed by atoms with E-state index >= 15 is 0 Å². The molecule has 3 N–H and O–H groups in total. The predicted octanol–water partition coefficient (Wildman–Crippen LogP) is 0.688. The number of urea groups is 1. The van der Waals surface area contributed by atoms with Crippen LogP contribution in [0.4, 0.5) is 4.79 Å². The summed E-state index contributed by atoms with van der Waals surface area (Å²) in [7, 11) is 0. The Morgan fingerprint density at radius 2 is 2.06 bits per heavy atom. The summed E-state index contributed by atoms with van der Waals surface area (Å²) >= 11 is 0. The molecule has 2 saturated heterocycles. The Morgan fingerprint density at radius 3 is 2.65 bits per heavy atom. The summed E-state index contributed by atoms with van der Waals surface area (Å²) < 4.78 is 5.68. The summed E-state index contributed by atoms with van der Waals surface area (Å²) in [5.74, 6) is 0. The van der Waals surface area contributed by atoms with Crippen molar-refractivity contribution in [3.05, 3.63) is 0 Å². The molecule has 0 aromatic heterocycles. The molecule has 0 bridgehead atoms. The second-order valence-electron chi connectivity index (χ2n) is 5.00. The fourth-order valence-electron chi connectivity index (χ4n) is 2.57. The summed E-state index contributed by atoms with van der Waals surface area (Å²) in [6.07, 6.45) is 6.04. The number of piperidine rings is 1. The first kappa shape index (κ1) is 12.6. The van der Waals surface area contributed by atoms with Gasteiger partial charge in [-0.3, -0.25) is 0 Å². The highest BCUT2D eigenvalue weighted by Crippen LogP contribution is 2.14. The Kier molecular flexibility index (Phi) is 4.62. The van der Waals surface area contributed by atoms with E-state index in [-0.39, 0.29) is 6.03 Å². The highest BCUT2D eigenvalue weighted by atomic mass is 16.5. The Morgan fingerprint density at radius 1 is 1.29 bits per heavy atom. The van der Waals surface area contributed by atoms with Crippen LogP contribution in [0, 0.1) is 0 Å². The fraction of sp³-hybridized carbons (Fsp3) is 0.917. The van der Waals surface area contributed by atoms with Gasteiger partial charge in [0.15, 0.2) is 0 Å². The van der Waals surface area contributed by atoms with Gasteiger partial charge in [-0.15, -0.1) is 0 Å². The van der Waals surface area contributed by atoms with E-state index in [1.165, 1.54) is 19.3 Å². The zero-order valence-electron chi connectivity index (χ0n) is 10.4. The van der Waals surface area contributed by atoms with E-state index in [0.29, 0.717) is 12.1 Å². The third kappa shape index (κ3) is 3.85. The molecule has 2 fully saturated rings. The van der Waals surface area contributed by atoms with Gasteiger partial charge in [0, 0.05) is 32.3 Å². The van der Waals surface area contributed by atoms with Crippen LogP contribution in [0.1, 0.15) is 32.1 Å². The number of nitrogens with zero attached hydrogens (tertiary/aromatic N) is 1. The quantitative estimate of drug-likeness (QED) is 0.764. The van der Waals surface area contributed by atoms with Gasteiger partial charge in [0.25, 0.3) is 0 Å². The highest BCUT2D eigenvalue weighted by Gasteiger charge is 2.22. The molecule has 0 spiro atoms. The molecule has 17 heavy (non-hydrogen) atoms. The van der Waals surface area contributed by atoms with E-state index in [1.807, 2.05) is 0 Å². The molecule has 0 aliphatic carbocycles. The van der Waals surface area contributed by atoms with Crippen molar-refractivity contribution < 1.29 is 9.53 Å². The minimum absolute atomic E-state index is 0.293.